The van der Waals surface area contributed by atoms with Gasteiger partial charge in [0.25, 0.3) is 0 Å². The molecule has 0 saturated carbocycles. The molecule has 0 heterocycles. The lowest BCUT2D eigenvalue weighted by atomic mass is 11.5. The molecule has 5 heteroatoms. The number of ether oxygens (including phenoxy) is 1. The lowest BCUT2D eigenvalue weighted by Gasteiger charge is -2.22. The summed E-state index contributed by atoms with van der Waals surface area (Å²) in [5, 5.41) is 0. The normalized spacial score (nSPS) is 12.0. The van der Waals surface area contributed by atoms with E-state index in [4.69, 9.17) is 13.3 Å². The molecule has 0 aromatic rings. The van der Waals surface area contributed by atoms with E-state index in [0.29, 0.717) is 0 Å². The van der Waals surface area contributed by atoms with Gasteiger partial charge in [-0.1, -0.05) is 0 Å². The van der Waals surface area contributed by atoms with Crippen LogP contribution in [0.15, 0.2) is 0 Å². The van der Waals surface area contributed by atoms with Crippen LogP contribution in [-0.2, 0) is 18.0 Å². The van der Waals surface area contributed by atoms with Gasteiger partial charge < -0.3 is 18.0 Å². The van der Waals surface area contributed by atoms with Crippen LogP contribution >= 0.6 is 0 Å². The van der Waals surface area contributed by atoms with Crippen molar-refractivity contribution in [2.45, 2.75) is 0 Å². The molecule has 10 heavy (non-hydrogen) atoms. The van der Waals surface area contributed by atoms with E-state index in [1.165, 1.54) is 21.3 Å². The molecule has 0 rings (SSSR count). The molecule has 0 N–H and O–H groups in total. The highest BCUT2D eigenvalue weighted by Crippen LogP contribution is 2.05. The van der Waals surface area contributed by atoms with Crippen LogP contribution in [0, 0.1) is 7.11 Å². The fourth-order valence-corrected chi connectivity index (χ4v) is 1.66. The molecule has 0 bridgehead atoms. The van der Waals surface area contributed by atoms with Crippen LogP contribution in [-0.4, -0.2) is 36.4 Å². The van der Waals surface area contributed by atoms with Crippen LogP contribution in [0.5, 0.6) is 0 Å². The number of hydrogen-bond acceptors (Lipinski definition) is 4. The molecule has 0 unspecified atom stereocenters. The van der Waals surface area contributed by atoms with Gasteiger partial charge in [-0.05, 0) is 0 Å². The van der Waals surface area contributed by atoms with Crippen molar-refractivity contribution >= 4 is 8.80 Å². The van der Waals surface area contributed by atoms with Crippen LogP contribution in [0.25, 0.3) is 0 Å². The fraction of sp³-hybridized carbons (Fsp3) is 0.800. The van der Waals surface area contributed by atoms with Gasteiger partial charge in [-0.25, -0.2) is 0 Å². The summed E-state index contributed by atoms with van der Waals surface area (Å²) in [6.07, 6.45) is 0.274. The first-order valence-corrected chi connectivity index (χ1v) is 4.70. The highest BCUT2D eigenvalue weighted by Gasteiger charge is 2.37. The van der Waals surface area contributed by atoms with Crippen molar-refractivity contribution in [2.24, 2.45) is 0 Å². The Bertz CT molecular complexity index is 75.5. The van der Waals surface area contributed by atoms with Gasteiger partial charge in [-0.3, -0.25) is 0 Å². The summed E-state index contributed by atoms with van der Waals surface area (Å²) in [5.41, 5.74) is 0. The average Bonchev–Trinajstić information content (AvgIpc) is 2.01. The van der Waals surface area contributed by atoms with Crippen molar-refractivity contribution in [3.63, 3.8) is 0 Å². The zero-order valence-corrected chi connectivity index (χ0v) is 7.55. The van der Waals surface area contributed by atoms with E-state index in [0.717, 1.165) is 0 Å². The minimum Gasteiger partial charge on any atom is -0.375 e. The molecule has 0 atom stereocenters. The second-order valence-corrected chi connectivity index (χ2v) is 4.52. The third-order valence-corrected chi connectivity index (χ3v) is 3.64. The monoisotopic (exact) mass is 165 g/mol. The predicted molar refractivity (Wildman–Crippen MR) is 38.1 cm³/mol. The second kappa shape index (κ2) is 4.81. The van der Waals surface area contributed by atoms with Gasteiger partial charge in [-0.15, -0.1) is 0 Å². The Balaban J connectivity index is 3.87. The third kappa shape index (κ3) is 2.35. The van der Waals surface area contributed by atoms with Crippen molar-refractivity contribution < 1.29 is 18.0 Å². The van der Waals surface area contributed by atoms with Gasteiger partial charge in [0.1, 0.15) is 6.23 Å². The van der Waals surface area contributed by atoms with Crippen LogP contribution < -0.4 is 0 Å². The van der Waals surface area contributed by atoms with Gasteiger partial charge in [0.2, 0.25) is 0 Å². The molecule has 61 valence electrons. The van der Waals surface area contributed by atoms with Crippen molar-refractivity contribution in [1.82, 2.24) is 0 Å². The Kier molecular flexibility index (Phi) is 4.84. The van der Waals surface area contributed by atoms with Crippen LogP contribution in [0.3, 0.4) is 0 Å². The fourth-order valence-electron chi connectivity index (χ4n) is 0.552. The molecule has 1 radical (unpaired) electrons. The van der Waals surface area contributed by atoms with Crippen molar-refractivity contribution in [2.75, 3.05) is 27.6 Å². The SMILES string of the molecule is [CH2]OC[Si](OC)(OC)OC. The average molecular weight is 165 g/mol. The Morgan fingerprint density at radius 2 is 1.50 bits per heavy atom. The predicted octanol–water partition coefficient (Wildman–Crippen LogP) is 0.212. The summed E-state index contributed by atoms with van der Waals surface area (Å²) in [4.78, 5) is 0. The lowest BCUT2D eigenvalue weighted by molar-refractivity contribution is 0.0893. The molecular weight excluding hydrogens is 152 g/mol. The zero-order valence-electron chi connectivity index (χ0n) is 6.55. The maximum Gasteiger partial charge on any atom is 0.527 e. The maximum absolute atomic E-state index is 5.01. The van der Waals surface area contributed by atoms with E-state index < -0.39 is 8.80 Å². The van der Waals surface area contributed by atoms with Crippen molar-refractivity contribution in [1.29, 1.82) is 0 Å². The van der Waals surface area contributed by atoms with E-state index in [1.807, 2.05) is 0 Å². The minimum atomic E-state index is -2.50. The van der Waals surface area contributed by atoms with E-state index in [2.05, 4.69) is 11.8 Å². The molecule has 4 nitrogen and oxygen atoms in total. The first kappa shape index (κ1) is 10.1. The van der Waals surface area contributed by atoms with Gasteiger partial charge >= 0.3 is 8.80 Å². The standard InChI is InChI=1S/C5H13O4Si/c1-6-5-10(7-2,8-3)9-4/h1,5H2,2-4H3. The highest BCUT2D eigenvalue weighted by atomic mass is 28.4. The quantitative estimate of drug-likeness (QED) is 0.546. The molecule has 0 spiro atoms. The Labute approximate surface area is 62.4 Å². The second-order valence-electron chi connectivity index (χ2n) is 1.64. The molecule has 0 aliphatic heterocycles. The van der Waals surface area contributed by atoms with E-state index in [9.17, 15) is 0 Å². The van der Waals surface area contributed by atoms with Crippen LogP contribution in [0.1, 0.15) is 0 Å². The number of rotatable bonds is 5. The van der Waals surface area contributed by atoms with E-state index in [1.54, 1.807) is 0 Å². The summed E-state index contributed by atoms with van der Waals surface area (Å²) in [7, 11) is 5.29. The Hall–Kier alpha value is 0.0569. The van der Waals surface area contributed by atoms with E-state index >= 15 is 0 Å². The van der Waals surface area contributed by atoms with Gasteiger partial charge in [0.05, 0.1) is 7.11 Å². The summed E-state index contributed by atoms with van der Waals surface area (Å²) in [6, 6.07) is 0. The molecule has 0 aliphatic carbocycles. The van der Waals surface area contributed by atoms with Crippen LogP contribution in [0.2, 0.25) is 0 Å². The molecule has 0 amide bonds. The topological polar surface area (TPSA) is 36.9 Å². The van der Waals surface area contributed by atoms with Crippen molar-refractivity contribution in [3.8, 4) is 0 Å². The summed E-state index contributed by atoms with van der Waals surface area (Å²) in [6.45, 7) is 0. The highest BCUT2D eigenvalue weighted by molar-refractivity contribution is 6.60. The maximum atomic E-state index is 5.01. The summed E-state index contributed by atoms with van der Waals surface area (Å²) in [5.74, 6) is 0. The van der Waals surface area contributed by atoms with Gasteiger partial charge in [0, 0.05) is 21.3 Å². The molecule has 0 aromatic heterocycles. The first-order valence-electron chi connectivity index (χ1n) is 2.77. The van der Waals surface area contributed by atoms with Gasteiger partial charge in [0.15, 0.2) is 0 Å². The zero-order chi connectivity index (χ0) is 8.04. The van der Waals surface area contributed by atoms with E-state index in [-0.39, 0.29) is 6.23 Å². The smallest absolute Gasteiger partial charge is 0.375 e. The molecule has 0 saturated heterocycles. The molecular formula is C5H13O4Si. The lowest BCUT2D eigenvalue weighted by Crippen LogP contribution is -2.47. The molecule has 0 aromatic carbocycles. The first-order chi connectivity index (χ1) is 4.74. The molecule has 0 fully saturated rings. The minimum absolute atomic E-state index is 0.274. The summed E-state index contributed by atoms with van der Waals surface area (Å²) >= 11 is 0. The Morgan fingerprint density at radius 3 is 1.60 bits per heavy atom. The summed E-state index contributed by atoms with van der Waals surface area (Å²) < 4.78 is 19.6. The third-order valence-electron chi connectivity index (χ3n) is 1.21. The Morgan fingerprint density at radius 1 is 1.10 bits per heavy atom. The van der Waals surface area contributed by atoms with Crippen LogP contribution in [0.4, 0.5) is 0 Å². The molecule has 0 aliphatic rings. The van der Waals surface area contributed by atoms with Crippen molar-refractivity contribution in [3.05, 3.63) is 7.11 Å². The largest absolute Gasteiger partial charge is 0.527 e. The number of hydrogen-bond donors (Lipinski definition) is 0. The van der Waals surface area contributed by atoms with Gasteiger partial charge in [-0.2, -0.15) is 0 Å².